The number of fused-ring (bicyclic) bond motifs is 1. The predicted octanol–water partition coefficient (Wildman–Crippen LogP) is 3.80. The Hall–Kier alpha value is -2.68. The van der Waals surface area contributed by atoms with Crippen LogP contribution in [0.3, 0.4) is 0 Å². The standard InChI is InChI=1S/C18H17F3N4O2/c19-18(20,21)27-13-6-4-12(5-7-13)15-11-25-16(23-24-17(25)10-22-15)9-14-3-1-2-8-26-14/h4-7,10-11,14H,1-3,8-9H2. The van der Waals surface area contributed by atoms with Crippen molar-refractivity contribution in [3.05, 3.63) is 42.5 Å². The second kappa shape index (κ2) is 7.15. The maximum Gasteiger partial charge on any atom is 0.573 e. The molecule has 1 fully saturated rings. The van der Waals surface area contributed by atoms with Crippen LogP contribution in [0.1, 0.15) is 25.1 Å². The van der Waals surface area contributed by atoms with Gasteiger partial charge in [0.1, 0.15) is 11.6 Å². The fourth-order valence-corrected chi connectivity index (χ4v) is 3.14. The van der Waals surface area contributed by atoms with Gasteiger partial charge in [-0.1, -0.05) is 0 Å². The molecule has 3 aromatic rings. The fraction of sp³-hybridized carbons (Fsp3) is 0.389. The van der Waals surface area contributed by atoms with E-state index in [0.717, 1.165) is 31.7 Å². The van der Waals surface area contributed by atoms with Crippen molar-refractivity contribution in [1.82, 2.24) is 19.6 Å². The van der Waals surface area contributed by atoms with Crippen molar-refractivity contribution in [2.24, 2.45) is 0 Å². The number of benzene rings is 1. The smallest absolute Gasteiger partial charge is 0.406 e. The Labute approximate surface area is 153 Å². The zero-order chi connectivity index (χ0) is 18.9. The van der Waals surface area contributed by atoms with Gasteiger partial charge in [-0.25, -0.2) is 0 Å². The van der Waals surface area contributed by atoms with Crippen LogP contribution in [0.25, 0.3) is 16.9 Å². The summed E-state index contributed by atoms with van der Waals surface area (Å²) in [5, 5.41) is 8.35. The van der Waals surface area contributed by atoms with Gasteiger partial charge in [0, 0.05) is 24.8 Å². The topological polar surface area (TPSA) is 61.5 Å². The minimum atomic E-state index is -4.71. The predicted molar refractivity (Wildman–Crippen MR) is 90.2 cm³/mol. The van der Waals surface area contributed by atoms with Gasteiger partial charge in [-0.2, -0.15) is 0 Å². The molecule has 27 heavy (non-hydrogen) atoms. The monoisotopic (exact) mass is 378 g/mol. The SMILES string of the molecule is FC(F)(F)Oc1ccc(-c2cn3c(CC4CCCCO4)nnc3cn2)cc1. The fourth-order valence-electron chi connectivity index (χ4n) is 3.14. The quantitative estimate of drug-likeness (QED) is 0.691. The summed E-state index contributed by atoms with van der Waals surface area (Å²) < 4.78 is 48.3. The largest absolute Gasteiger partial charge is 0.573 e. The van der Waals surface area contributed by atoms with Gasteiger partial charge in [-0.05, 0) is 43.5 Å². The van der Waals surface area contributed by atoms with Crippen LogP contribution in [0.2, 0.25) is 0 Å². The molecule has 1 aliphatic heterocycles. The lowest BCUT2D eigenvalue weighted by Gasteiger charge is -2.21. The number of nitrogens with zero attached hydrogens (tertiary/aromatic N) is 4. The summed E-state index contributed by atoms with van der Waals surface area (Å²) in [6.07, 6.45) is 2.66. The zero-order valence-corrected chi connectivity index (χ0v) is 14.3. The van der Waals surface area contributed by atoms with Crippen molar-refractivity contribution in [3.63, 3.8) is 0 Å². The number of ether oxygens (including phenoxy) is 2. The molecule has 142 valence electrons. The normalized spacial score (nSPS) is 18.0. The van der Waals surface area contributed by atoms with Crippen LogP contribution in [-0.2, 0) is 11.2 Å². The molecule has 0 aliphatic carbocycles. The van der Waals surface area contributed by atoms with Crippen LogP contribution in [-0.4, -0.2) is 38.7 Å². The van der Waals surface area contributed by atoms with E-state index < -0.39 is 6.36 Å². The number of hydrogen-bond acceptors (Lipinski definition) is 5. The Morgan fingerprint density at radius 3 is 2.67 bits per heavy atom. The molecule has 4 rings (SSSR count). The Bertz CT molecular complexity index is 918. The lowest BCUT2D eigenvalue weighted by Crippen LogP contribution is -2.22. The van der Waals surface area contributed by atoms with E-state index in [-0.39, 0.29) is 11.9 Å². The lowest BCUT2D eigenvalue weighted by atomic mass is 10.1. The Balaban J connectivity index is 1.58. The molecule has 1 aliphatic rings. The third-order valence-corrected chi connectivity index (χ3v) is 4.43. The molecule has 0 amide bonds. The summed E-state index contributed by atoms with van der Waals surface area (Å²) in [6, 6.07) is 5.59. The van der Waals surface area contributed by atoms with E-state index in [1.165, 1.54) is 24.3 Å². The highest BCUT2D eigenvalue weighted by atomic mass is 19.4. The van der Waals surface area contributed by atoms with Gasteiger partial charge in [-0.15, -0.1) is 23.4 Å². The van der Waals surface area contributed by atoms with E-state index in [1.807, 2.05) is 4.40 Å². The van der Waals surface area contributed by atoms with Crippen molar-refractivity contribution in [2.45, 2.75) is 38.1 Å². The van der Waals surface area contributed by atoms with E-state index in [9.17, 15) is 13.2 Å². The average molecular weight is 378 g/mol. The molecule has 0 radical (unpaired) electrons. The molecule has 1 saturated heterocycles. The molecule has 0 bridgehead atoms. The first-order chi connectivity index (χ1) is 13.0. The molecule has 2 aromatic heterocycles. The third-order valence-electron chi connectivity index (χ3n) is 4.43. The van der Waals surface area contributed by atoms with Gasteiger partial charge in [-0.3, -0.25) is 9.38 Å². The van der Waals surface area contributed by atoms with Gasteiger partial charge in [0.15, 0.2) is 5.65 Å². The number of hydrogen-bond donors (Lipinski definition) is 0. The second-order valence-electron chi connectivity index (χ2n) is 6.38. The van der Waals surface area contributed by atoms with Crippen molar-refractivity contribution in [2.75, 3.05) is 6.61 Å². The minimum absolute atomic E-state index is 0.126. The van der Waals surface area contributed by atoms with E-state index in [2.05, 4.69) is 19.9 Å². The molecule has 0 saturated carbocycles. The van der Waals surface area contributed by atoms with E-state index in [0.29, 0.717) is 23.3 Å². The van der Waals surface area contributed by atoms with Crippen LogP contribution >= 0.6 is 0 Å². The van der Waals surface area contributed by atoms with Crippen molar-refractivity contribution >= 4 is 5.65 Å². The van der Waals surface area contributed by atoms with Crippen LogP contribution < -0.4 is 4.74 Å². The first-order valence-electron chi connectivity index (χ1n) is 8.65. The molecular formula is C18H17F3N4O2. The van der Waals surface area contributed by atoms with Gasteiger partial charge in [0.05, 0.1) is 18.0 Å². The zero-order valence-electron chi connectivity index (χ0n) is 14.3. The molecule has 3 heterocycles. The molecule has 0 spiro atoms. The van der Waals surface area contributed by atoms with Crippen molar-refractivity contribution in [1.29, 1.82) is 0 Å². The number of aromatic nitrogens is 4. The number of rotatable bonds is 4. The van der Waals surface area contributed by atoms with Crippen LogP contribution in [0, 0.1) is 0 Å². The maximum absolute atomic E-state index is 12.3. The van der Waals surface area contributed by atoms with Gasteiger partial charge in [0.25, 0.3) is 0 Å². The highest BCUT2D eigenvalue weighted by molar-refractivity contribution is 5.60. The minimum Gasteiger partial charge on any atom is -0.406 e. The van der Waals surface area contributed by atoms with Crippen LogP contribution in [0.5, 0.6) is 5.75 Å². The first kappa shape index (κ1) is 17.7. The molecule has 0 N–H and O–H groups in total. The summed E-state index contributed by atoms with van der Waals surface area (Å²) in [4.78, 5) is 4.32. The van der Waals surface area contributed by atoms with E-state index in [4.69, 9.17) is 4.74 Å². The molecule has 9 heteroatoms. The summed E-state index contributed by atoms with van der Waals surface area (Å²) in [5.74, 6) is 0.504. The summed E-state index contributed by atoms with van der Waals surface area (Å²) >= 11 is 0. The summed E-state index contributed by atoms with van der Waals surface area (Å²) in [6.45, 7) is 0.764. The van der Waals surface area contributed by atoms with Crippen LogP contribution in [0.4, 0.5) is 13.2 Å². The lowest BCUT2D eigenvalue weighted by molar-refractivity contribution is -0.274. The maximum atomic E-state index is 12.3. The average Bonchev–Trinajstić information content (AvgIpc) is 3.04. The highest BCUT2D eigenvalue weighted by Crippen LogP contribution is 2.26. The molecule has 6 nitrogen and oxygen atoms in total. The van der Waals surface area contributed by atoms with E-state index >= 15 is 0 Å². The van der Waals surface area contributed by atoms with Crippen molar-refractivity contribution < 1.29 is 22.6 Å². The highest BCUT2D eigenvalue weighted by Gasteiger charge is 2.31. The Kier molecular flexibility index (Phi) is 4.69. The second-order valence-corrected chi connectivity index (χ2v) is 6.38. The van der Waals surface area contributed by atoms with Gasteiger partial charge >= 0.3 is 6.36 Å². The van der Waals surface area contributed by atoms with Crippen LogP contribution in [0.15, 0.2) is 36.7 Å². The Morgan fingerprint density at radius 1 is 1.15 bits per heavy atom. The van der Waals surface area contributed by atoms with E-state index in [1.54, 1.807) is 12.4 Å². The molecule has 1 aromatic carbocycles. The number of alkyl halides is 3. The van der Waals surface area contributed by atoms with Crippen molar-refractivity contribution in [3.8, 4) is 17.0 Å². The van der Waals surface area contributed by atoms with Gasteiger partial charge in [0.2, 0.25) is 0 Å². The third kappa shape index (κ3) is 4.19. The molecule has 1 atom stereocenters. The first-order valence-corrected chi connectivity index (χ1v) is 8.65. The summed E-state index contributed by atoms with van der Waals surface area (Å²) in [5.41, 5.74) is 1.88. The number of halogens is 3. The molecule has 1 unspecified atom stereocenters. The Morgan fingerprint density at radius 2 is 1.96 bits per heavy atom. The summed E-state index contributed by atoms with van der Waals surface area (Å²) in [7, 11) is 0. The molecular weight excluding hydrogens is 361 g/mol. The van der Waals surface area contributed by atoms with Gasteiger partial charge < -0.3 is 9.47 Å².